The van der Waals surface area contributed by atoms with E-state index in [0.29, 0.717) is 25.9 Å². The van der Waals surface area contributed by atoms with Crippen molar-refractivity contribution < 1.29 is 9.59 Å². The van der Waals surface area contributed by atoms with Gasteiger partial charge in [0.15, 0.2) is 5.69 Å². The number of aromatic amines is 1. The molecule has 2 heterocycles. The number of hydrogen-bond donors (Lipinski definition) is 2. The SMILES string of the molecule is CCCCn1c(N)c(N(Cc2ccccc2)C(=O)Cc2ccc(N3CCCC3=O)cc2)c(=O)[nH]c1=O. The van der Waals surface area contributed by atoms with Gasteiger partial charge in [-0.2, -0.15) is 0 Å². The number of benzene rings is 2. The van der Waals surface area contributed by atoms with Crippen molar-refractivity contribution in [2.24, 2.45) is 0 Å². The number of amides is 2. The predicted octanol–water partition coefficient (Wildman–Crippen LogP) is 2.82. The minimum Gasteiger partial charge on any atom is -0.383 e. The van der Waals surface area contributed by atoms with E-state index in [1.54, 1.807) is 4.90 Å². The molecule has 0 bridgehead atoms. The van der Waals surface area contributed by atoms with Gasteiger partial charge in [-0.1, -0.05) is 55.8 Å². The molecule has 9 nitrogen and oxygen atoms in total. The minimum atomic E-state index is -0.697. The number of rotatable bonds is 9. The quantitative estimate of drug-likeness (QED) is 0.479. The number of H-pyrrole nitrogens is 1. The molecule has 0 radical (unpaired) electrons. The van der Waals surface area contributed by atoms with Gasteiger partial charge < -0.3 is 10.6 Å². The first-order valence-electron chi connectivity index (χ1n) is 12.2. The summed E-state index contributed by atoms with van der Waals surface area (Å²) in [7, 11) is 0. The molecule has 0 aliphatic carbocycles. The second-order valence-electron chi connectivity index (χ2n) is 8.96. The first-order chi connectivity index (χ1) is 17.4. The number of carbonyl (C=O) groups is 2. The Morgan fingerprint density at radius 1 is 1.03 bits per heavy atom. The Labute approximate surface area is 209 Å². The Bertz CT molecular complexity index is 1350. The Kier molecular flexibility index (Phi) is 7.68. The number of carbonyl (C=O) groups excluding carboxylic acids is 2. The standard InChI is InChI=1S/C27H31N5O4/c1-2-3-15-31-25(28)24(26(35)29-27(31)36)32(18-20-8-5-4-6-9-20)23(34)17-19-11-13-21(14-12-19)30-16-7-10-22(30)33/h4-6,8-9,11-14H,2-3,7,10,15-18,28H2,1H3,(H,29,35,36). The van der Waals surface area contributed by atoms with E-state index < -0.39 is 11.2 Å². The Morgan fingerprint density at radius 2 is 1.75 bits per heavy atom. The number of nitrogen functional groups attached to an aromatic ring is 1. The Morgan fingerprint density at radius 3 is 2.39 bits per heavy atom. The summed E-state index contributed by atoms with van der Waals surface area (Å²) in [5, 5.41) is 0. The van der Waals surface area contributed by atoms with Crippen LogP contribution in [0.5, 0.6) is 0 Å². The smallest absolute Gasteiger partial charge is 0.330 e. The third kappa shape index (κ3) is 5.40. The van der Waals surface area contributed by atoms with Gasteiger partial charge in [0.05, 0.1) is 13.0 Å². The molecule has 188 valence electrons. The lowest BCUT2D eigenvalue weighted by molar-refractivity contribution is -0.118. The van der Waals surface area contributed by atoms with Gasteiger partial charge in [0.25, 0.3) is 5.56 Å². The van der Waals surface area contributed by atoms with Gasteiger partial charge in [0.1, 0.15) is 5.82 Å². The molecule has 36 heavy (non-hydrogen) atoms. The highest BCUT2D eigenvalue weighted by molar-refractivity contribution is 5.97. The van der Waals surface area contributed by atoms with E-state index in [2.05, 4.69) is 4.98 Å². The average Bonchev–Trinajstić information content (AvgIpc) is 3.30. The average molecular weight is 490 g/mol. The molecule has 0 saturated carbocycles. The van der Waals surface area contributed by atoms with E-state index in [-0.39, 0.29) is 36.3 Å². The summed E-state index contributed by atoms with van der Waals surface area (Å²) in [6.45, 7) is 3.15. The van der Waals surface area contributed by atoms with Crippen LogP contribution in [-0.2, 0) is 29.1 Å². The Hall–Kier alpha value is -4.14. The number of unbranched alkanes of at least 4 members (excludes halogenated alkanes) is 1. The molecule has 0 unspecified atom stereocenters. The zero-order chi connectivity index (χ0) is 25.7. The molecule has 9 heteroatoms. The first kappa shape index (κ1) is 25.0. The predicted molar refractivity (Wildman–Crippen MR) is 140 cm³/mol. The summed E-state index contributed by atoms with van der Waals surface area (Å²) in [5.41, 5.74) is 7.37. The van der Waals surface area contributed by atoms with Crippen LogP contribution < -0.4 is 26.8 Å². The molecule has 3 aromatic rings. The highest BCUT2D eigenvalue weighted by atomic mass is 16.2. The topological polar surface area (TPSA) is 121 Å². The second kappa shape index (κ2) is 11.1. The van der Waals surface area contributed by atoms with Crippen LogP contribution in [0.3, 0.4) is 0 Å². The largest absolute Gasteiger partial charge is 0.383 e. The minimum absolute atomic E-state index is 0.0219. The fourth-order valence-corrected chi connectivity index (χ4v) is 4.42. The molecule has 1 aliphatic heterocycles. The number of nitrogens with zero attached hydrogens (tertiary/aromatic N) is 3. The number of hydrogen-bond acceptors (Lipinski definition) is 5. The van der Waals surface area contributed by atoms with Crippen molar-refractivity contribution in [1.29, 1.82) is 0 Å². The lowest BCUT2D eigenvalue weighted by atomic mass is 10.1. The van der Waals surface area contributed by atoms with Crippen molar-refractivity contribution in [3.8, 4) is 0 Å². The number of aromatic nitrogens is 2. The van der Waals surface area contributed by atoms with Gasteiger partial charge in [0, 0.05) is 25.2 Å². The lowest BCUT2D eigenvalue weighted by Crippen LogP contribution is -2.41. The monoisotopic (exact) mass is 489 g/mol. The van der Waals surface area contributed by atoms with Crippen molar-refractivity contribution in [2.45, 2.75) is 52.1 Å². The molecule has 3 N–H and O–H groups in total. The molecule has 2 amide bonds. The van der Waals surface area contributed by atoms with Gasteiger partial charge in [0.2, 0.25) is 11.8 Å². The molecule has 1 fully saturated rings. The zero-order valence-corrected chi connectivity index (χ0v) is 20.4. The molecule has 4 rings (SSSR count). The summed E-state index contributed by atoms with van der Waals surface area (Å²) in [4.78, 5) is 56.4. The lowest BCUT2D eigenvalue weighted by Gasteiger charge is -2.25. The zero-order valence-electron chi connectivity index (χ0n) is 20.4. The molecular formula is C27H31N5O4. The van der Waals surface area contributed by atoms with Crippen molar-refractivity contribution in [3.63, 3.8) is 0 Å². The summed E-state index contributed by atoms with van der Waals surface area (Å²) in [6, 6.07) is 16.6. The first-order valence-corrected chi connectivity index (χ1v) is 12.2. The molecular weight excluding hydrogens is 458 g/mol. The van der Waals surface area contributed by atoms with Gasteiger partial charge in [-0.3, -0.25) is 28.8 Å². The third-order valence-electron chi connectivity index (χ3n) is 6.38. The van der Waals surface area contributed by atoms with Crippen LogP contribution in [0.25, 0.3) is 0 Å². The normalized spacial score (nSPS) is 13.2. The van der Waals surface area contributed by atoms with E-state index in [9.17, 15) is 19.2 Å². The van der Waals surface area contributed by atoms with Crippen LogP contribution in [0.4, 0.5) is 17.2 Å². The van der Waals surface area contributed by atoms with Crippen LogP contribution >= 0.6 is 0 Å². The molecule has 1 saturated heterocycles. The highest BCUT2D eigenvalue weighted by Crippen LogP contribution is 2.24. The second-order valence-corrected chi connectivity index (χ2v) is 8.96. The maximum Gasteiger partial charge on any atom is 0.330 e. The van der Waals surface area contributed by atoms with E-state index in [1.807, 2.05) is 61.5 Å². The van der Waals surface area contributed by atoms with Crippen LogP contribution in [0.15, 0.2) is 64.2 Å². The van der Waals surface area contributed by atoms with Crippen molar-refractivity contribution in [2.75, 3.05) is 22.1 Å². The van der Waals surface area contributed by atoms with E-state index in [4.69, 9.17) is 5.73 Å². The van der Waals surface area contributed by atoms with Crippen LogP contribution in [0.1, 0.15) is 43.7 Å². The molecule has 0 spiro atoms. The van der Waals surface area contributed by atoms with Gasteiger partial charge in [-0.25, -0.2) is 4.79 Å². The fraction of sp³-hybridized carbons (Fsp3) is 0.333. The fourth-order valence-electron chi connectivity index (χ4n) is 4.42. The number of nitrogens with one attached hydrogen (secondary N) is 1. The highest BCUT2D eigenvalue weighted by Gasteiger charge is 2.25. The van der Waals surface area contributed by atoms with Crippen molar-refractivity contribution in [1.82, 2.24) is 9.55 Å². The maximum absolute atomic E-state index is 13.6. The summed E-state index contributed by atoms with van der Waals surface area (Å²) >= 11 is 0. The number of nitrogens with two attached hydrogens (primary N) is 1. The van der Waals surface area contributed by atoms with E-state index >= 15 is 0 Å². The van der Waals surface area contributed by atoms with Crippen molar-refractivity contribution >= 4 is 29.0 Å². The van der Waals surface area contributed by atoms with Crippen LogP contribution in [-0.4, -0.2) is 27.9 Å². The summed E-state index contributed by atoms with van der Waals surface area (Å²) < 4.78 is 1.31. The molecule has 1 aromatic heterocycles. The van der Waals surface area contributed by atoms with E-state index in [0.717, 1.165) is 29.7 Å². The van der Waals surface area contributed by atoms with Gasteiger partial charge in [-0.05, 0) is 36.1 Å². The van der Waals surface area contributed by atoms with E-state index in [1.165, 1.54) is 9.47 Å². The van der Waals surface area contributed by atoms with Crippen LogP contribution in [0.2, 0.25) is 0 Å². The molecule has 0 atom stereocenters. The Balaban J connectivity index is 1.66. The van der Waals surface area contributed by atoms with Crippen molar-refractivity contribution in [3.05, 3.63) is 86.6 Å². The van der Waals surface area contributed by atoms with Gasteiger partial charge in [-0.15, -0.1) is 0 Å². The molecule has 2 aromatic carbocycles. The molecule has 1 aliphatic rings. The summed E-state index contributed by atoms with van der Waals surface area (Å²) in [5.74, 6) is -0.258. The van der Waals surface area contributed by atoms with Gasteiger partial charge >= 0.3 is 5.69 Å². The summed E-state index contributed by atoms with van der Waals surface area (Å²) in [6.07, 6.45) is 2.95. The third-order valence-corrected chi connectivity index (χ3v) is 6.38. The van der Waals surface area contributed by atoms with Crippen LogP contribution in [0, 0.1) is 0 Å². The maximum atomic E-state index is 13.6. The number of anilines is 3.